The number of unbranched alkanes of at least 4 members (excludes halogenated alkanes) is 24. The Hall–Kier alpha value is -1.07. The molecule has 1 saturated heterocycles. The Labute approximate surface area is 306 Å². The number of carbonyl (C=O) groups excluding carboxylic acids is 1. The molecule has 1 heterocycles. The van der Waals surface area contributed by atoms with Crippen molar-refractivity contribution < 1.29 is 39.8 Å². The molecule has 0 saturated carbocycles. The normalized spacial score (nSPS) is 22.3. The van der Waals surface area contributed by atoms with E-state index in [-0.39, 0.29) is 12.5 Å². The van der Waals surface area contributed by atoms with E-state index < -0.39 is 49.5 Å². The molecule has 7 atom stereocenters. The molecule has 0 aliphatic carbocycles. The number of rotatable bonds is 34. The molecule has 0 aromatic heterocycles. The highest BCUT2D eigenvalue weighted by Gasteiger charge is 2.44. The average molecular weight is 714 g/mol. The second kappa shape index (κ2) is 32.6. The third-order valence-electron chi connectivity index (χ3n) is 10.1. The summed E-state index contributed by atoms with van der Waals surface area (Å²) in [4.78, 5) is 12.5. The number of hydrogen-bond acceptors (Lipinski definition) is 8. The van der Waals surface area contributed by atoms with Crippen molar-refractivity contribution in [3.63, 3.8) is 0 Å². The molecular weight excluding hydrogens is 634 g/mol. The van der Waals surface area contributed by atoms with Gasteiger partial charge in [-0.2, -0.15) is 0 Å². The number of nitrogens with one attached hydrogen (secondary N) is 1. The van der Waals surface area contributed by atoms with E-state index in [1.807, 2.05) is 6.08 Å². The standard InChI is InChI=1S/C41H79NO8/c1-3-5-7-8-9-10-11-12-13-14-15-16-17-18-19-20-21-22-23-24-25-26-27-29-30-35(44)34(42-37(45)31-28-6-4-2)33-49-41-40(48)39(47)38(46)36(32-43)50-41/h29-30,34-36,38-41,43-44,46-48H,3-28,31-33H2,1-2H3,(H,42,45)/b30-29+. The number of carbonyl (C=O) groups is 1. The van der Waals surface area contributed by atoms with Gasteiger partial charge in [-0.1, -0.05) is 174 Å². The van der Waals surface area contributed by atoms with Crippen molar-refractivity contribution in [2.75, 3.05) is 13.2 Å². The van der Waals surface area contributed by atoms with Gasteiger partial charge in [-0.15, -0.1) is 0 Å². The second-order valence-corrected chi connectivity index (χ2v) is 14.8. The molecule has 7 unspecified atom stereocenters. The lowest BCUT2D eigenvalue weighted by molar-refractivity contribution is -0.302. The van der Waals surface area contributed by atoms with Crippen LogP contribution in [0.1, 0.15) is 187 Å². The Kier molecular flexibility index (Phi) is 30.6. The highest BCUT2D eigenvalue weighted by Crippen LogP contribution is 2.22. The van der Waals surface area contributed by atoms with Gasteiger partial charge in [0.05, 0.1) is 25.4 Å². The fraction of sp³-hybridized carbons (Fsp3) is 0.927. The number of allylic oxidation sites excluding steroid dienone is 1. The van der Waals surface area contributed by atoms with Crippen LogP contribution in [0.15, 0.2) is 12.2 Å². The smallest absolute Gasteiger partial charge is 0.220 e. The first-order chi connectivity index (χ1) is 24.3. The summed E-state index contributed by atoms with van der Waals surface area (Å²) in [5.41, 5.74) is 0. The van der Waals surface area contributed by atoms with Gasteiger partial charge in [-0.05, 0) is 19.3 Å². The Morgan fingerprint density at radius 1 is 0.660 bits per heavy atom. The first-order valence-corrected chi connectivity index (χ1v) is 20.9. The first-order valence-electron chi connectivity index (χ1n) is 20.9. The molecule has 296 valence electrons. The van der Waals surface area contributed by atoms with Crippen molar-refractivity contribution in [3.8, 4) is 0 Å². The molecule has 1 fully saturated rings. The van der Waals surface area contributed by atoms with Gasteiger partial charge in [-0.25, -0.2) is 0 Å². The number of amides is 1. The Bertz CT molecular complexity index is 797. The molecule has 50 heavy (non-hydrogen) atoms. The van der Waals surface area contributed by atoms with E-state index in [2.05, 4.69) is 19.2 Å². The van der Waals surface area contributed by atoms with Crippen LogP contribution in [0.3, 0.4) is 0 Å². The maximum Gasteiger partial charge on any atom is 0.220 e. The van der Waals surface area contributed by atoms with Crippen molar-refractivity contribution >= 4 is 5.91 Å². The van der Waals surface area contributed by atoms with Gasteiger partial charge in [0.2, 0.25) is 5.91 Å². The zero-order valence-electron chi connectivity index (χ0n) is 32.2. The molecule has 0 aromatic rings. The first kappa shape index (κ1) is 47.0. The third-order valence-corrected chi connectivity index (χ3v) is 10.1. The van der Waals surface area contributed by atoms with E-state index in [4.69, 9.17) is 9.47 Å². The van der Waals surface area contributed by atoms with E-state index in [1.165, 1.54) is 128 Å². The quantitative estimate of drug-likeness (QED) is 0.0293. The molecule has 0 aromatic carbocycles. The van der Waals surface area contributed by atoms with Crippen molar-refractivity contribution in [2.24, 2.45) is 0 Å². The van der Waals surface area contributed by atoms with Gasteiger partial charge in [0.15, 0.2) is 6.29 Å². The number of ether oxygens (including phenoxy) is 2. The van der Waals surface area contributed by atoms with Gasteiger partial charge >= 0.3 is 0 Å². The predicted octanol–water partition coefficient (Wildman–Crippen LogP) is 7.78. The molecule has 1 aliphatic heterocycles. The van der Waals surface area contributed by atoms with Crippen LogP contribution in [0.4, 0.5) is 0 Å². The zero-order valence-corrected chi connectivity index (χ0v) is 32.2. The lowest BCUT2D eigenvalue weighted by Gasteiger charge is -2.40. The minimum Gasteiger partial charge on any atom is -0.394 e. The Balaban J connectivity index is 2.15. The van der Waals surface area contributed by atoms with Crippen LogP contribution in [0, 0.1) is 0 Å². The molecule has 0 bridgehead atoms. The zero-order chi connectivity index (χ0) is 36.7. The summed E-state index contributed by atoms with van der Waals surface area (Å²) >= 11 is 0. The fourth-order valence-corrected chi connectivity index (χ4v) is 6.68. The lowest BCUT2D eigenvalue weighted by atomic mass is 9.99. The molecule has 0 radical (unpaired) electrons. The van der Waals surface area contributed by atoms with Crippen molar-refractivity contribution in [2.45, 2.75) is 230 Å². The van der Waals surface area contributed by atoms with Gasteiger partial charge in [-0.3, -0.25) is 4.79 Å². The van der Waals surface area contributed by atoms with E-state index in [0.29, 0.717) is 6.42 Å². The summed E-state index contributed by atoms with van der Waals surface area (Å²) in [6.07, 6.45) is 29.3. The molecule has 1 amide bonds. The SMILES string of the molecule is CCCCCCCCCCCCCCCCCCCCCCCC/C=C/C(O)C(COC1OC(CO)C(O)C(O)C1O)NC(=O)CCCCC. The van der Waals surface area contributed by atoms with E-state index in [0.717, 1.165) is 38.5 Å². The summed E-state index contributed by atoms with van der Waals surface area (Å²) in [5.74, 6) is -0.201. The minimum atomic E-state index is -1.56. The molecular formula is C41H79NO8. The van der Waals surface area contributed by atoms with E-state index in [9.17, 15) is 30.3 Å². The van der Waals surface area contributed by atoms with E-state index in [1.54, 1.807) is 6.08 Å². The average Bonchev–Trinajstić information content (AvgIpc) is 3.11. The summed E-state index contributed by atoms with van der Waals surface area (Å²) in [6.45, 7) is 3.59. The molecule has 0 spiro atoms. The van der Waals surface area contributed by atoms with Crippen molar-refractivity contribution in [1.82, 2.24) is 5.32 Å². The molecule has 9 nitrogen and oxygen atoms in total. The van der Waals surface area contributed by atoms with Crippen molar-refractivity contribution in [1.29, 1.82) is 0 Å². The van der Waals surface area contributed by atoms with E-state index >= 15 is 0 Å². The van der Waals surface area contributed by atoms with Crippen molar-refractivity contribution in [3.05, 3.63) is 12.2 Å². The highest BCUT2D eigenvalue weighted by atomic mass is 16.7. The molecule has 9 heteroatoms. The van der Waals surface area contributed by atoms with Crippen LogP contribution >= 0.6 is 0 Å². The summed E-state index contributed by atoms with van der Waals surface area (Å²) in [7, 11) is 0. The van der Waals surface area contributed by atoms with Crippen LogP contribution in [-0.4, -0.2) is 87.5 Å². The molecule has 1 aliphatic rings. The summed E-state index contributed by atoms with van der Waals surface area (Å²) in [5, 5.41) is 53.5. The monoisotopic (exact) mass is 714 g/mol. The second-order valence-electron chi connectivity index (χ2n) is 14.8. The topological polar surface area (TPSA) is 149 Å². The van der Waals surface area contributed by atoms with Crippen LogP contribution < -0.4 is 5.32 Å². The molecule has 1 rings (SSSR count). The van der Waals surface area contributed by atoms with Crippen LogP contribution in [0.25, 0.3) is 0 Å². The number of aliphatic hydroxyl groups is 5. The van der Waals surface area contributed by atoms with Gasteiger partial charge in [0, 0.05) is 6.42 Å². The maximum absolute atomic E-state index is 12.5. The minimum absolute atomic E-state index is 0.187. The molecule has 6 N–H and O–H groups in total. The van der Waals surface area contributed by atoms with Crippen LogP contribution in [0.2, 0.25) is 0 Å². The Morgan fingerprint density at radius 2 is 1.10 bits per heavy atom. The number of hydrogen-bond donors (Lipinski definition) is 6. The summed E-state index contributed by atoms with van der Waals surface area (Å²) in [6, 6.07) is -0.794. The van der Waals surface area contributed by atoms with Gasteiger partial charge < -0.3 is 40.3 Å². The fourth-order valence-electron chi connectivity index (χ4n) is 6.68. The maximum atomic E-state index is 12.5. The largest absolute Gasteiger partial charge is 0.394 e. The predicted molar refractivity (Wildman–Crippen MR) is 203 cm³/mol. The highest BCUT2D eigenvalue weighted by molar-refractivity contribution is 5.76. The number of aliphatic hydroxyl groups excluding tert-OH is 5. The Morgan fingerprint density at radius 3 is 1.56 bits per heavy atom. The van der Waals surface area contributed by atoms with Gasteiger partial charge in [0.25, 0.3) is 0 Å². The lowest BCUT2D eigenvalue weighted by Crippen LogP contribution is -2.60. The summed E-state index contributed by atoms with van der Waals surface area (Å²) < 4.78 is 11.1. The van der Waals surface area contributed by atoms with Gasteiger partial charge in [0.1, 0.15) is 24.4 Å². The third kappa shape index (κ3) is 23.5. The van der Waals surface area contributed by atoms with Crippen LogP contribution in [-0.2, 0) is 14.3 Å². The van der Waals surface area contributed by atoms with Crippen LogP contribution in [0.5, 0.6) is 0 Å².